The van der Waals surface area contributed by atoms with Crippen LogP contribution < -0.4 is 10.6 Å². The number of halogens is 1. The molecule has 5 nitrogen and oxygen atoms in total. The van der Waals surface area contributed by atoms with Gasteiger partial charge >= 0.3 is 6.03 Å². The number of hydrogen-bond acceptors (Lipinski definition) is 2. The molecule has 23 heavy (non-hydrogen) atoms. The quantitative estimate of drug-likeness (QED) is 0.894. The summed E-state index contributed by atoms with van der Waals surface area (Å²) in [6, 6.07) is 5.94. The van der Waals surface area contributed by atoms with Crippen LogP contribution in [-0.2, 0) is 11.3 Å². The van der Waals surface area contributed by atoms with E-state index in [-0.39, 0.29) is 29.2 Å². The highest BCUT2D eigenvalue weighted by Gasteiger charge is 2.29. The van der Waals surface area contributed by atoms with Crippen LogP contribution in [0.2, 0.25) is 0 Å². The summed E-state index contributed by atoms with van der Waals surface area (Å²) in [5.74, 6) is -0.112. The molecule has 1 heterocycles. The van der Waals surface area contributed by atoms with Gasteiger partial charge in [-0.25, -0.2) is 9.18 Å². The van der Waals surface area contributed by atoms with Crippen molar-refractivity contribution in [2.45, 2.75) is 39.3 Å². The van der Waals surface area contributed by atoms with E-state index >= 15 is 0 Å². The number of hydrogen-bond donors (Lipinski definition) is 2. The van der Waals surface area contributed by atoms with Crippen LogP contribution in [0, 0.1) is 11.7 Å². The molecule has 1 fully saturated rings. The molecule has 0 aromatic heterocycles. The monoisotopic (exact) mass is 321 g/mol. The van der Waals surface area contributed by atoms with E-state index in [9.17, 15) is 14.0 Å². The molecule has 2 N–H and O–H groups in total. The van der Waals surface area contributed by atoms with Gasteiger partial charge in [-0.1, -0.05) is 12.1 Å². The summed E-state index contributed by atoms with van der Waals surface area (Å²) < 4.78 is 12.9. The van der Waals surface area contributed by atoms with Gasteiger partial charge in [-0.3, -0.25) is 4.79 Å². The zero-order chi connectivity index (χ0) is 17.0. The fourth-order valence-corrected chi connectivity index (χ4v) is 2.58. The third kappa shape index (κ3) is 5.54. The van der Waals surface area contributed by atoms with Crippen molar-refractivity contribution in [3.05, 3.63) is 35.6 Å². The van der Waals surface area contributed by atoms with Gasteiger partial charge in [0, 0.05) is 37.5 Å². The topological polar surface area (TPSA) is 61.4 Å². The largest absolute Gasteiger partial charge is 0.338 e. The number of nitrogens with one attached hydrogen (secondary N) is 2. The minimum atomic E-state index is -0.288. The summed E-state index contributed by atoms with van der Waals surface area (Å²) in [6.07, 6.45) is 0.428. The van der Waals surface area contributed by atoms with E-state index in [0.29, 0.717) is 26.1 Å². The van der Waals surface area contributed by atoms with Crippen LogP contribution >= 0.6 is 0 Å². The Balaban J connectivity index is 1.80. The first-order chi connectivity index (χ1) is 10.7. The molecule has 1 saturated heterocycles. The van der Waals surface area contributed by atoms with Gasteiger partial charge in [0.2, 0.25) is 5.91 Å². The smallest absolute Gasteiger partial charge is 0.315 e. The Bertz CT molecular complexity index is 566. The number of carbonyl (C=O) groups excluding carboxylic acids is 2. The lowest BCUT2D eigenvalue weighted by Gasteiger charge is -2.21. The summed E-state index contributed by atoms with van der Waals surface area (Å²) in [5.41, 5.74) is 0.614. The van der Waals surface area contributed by atoms with Crippen molar-refractivity contribution in [3.63, 3.8) is 0 Å². The number of rotatable bonds is 4. The summed E-state index contributed by atoms with van der Waals surface area (Å²) >= 11 is 0. The third-order valence-electron chi connectivity index (χ3n) is 3.62. The summed E-state index contributed by atoms with van der Waals surface area (Å²) in [4.78, 5) is 25.5. The minimum Gasteiger partial charge on any atom is -0.338 e. The lowest BCUT2D eigenvalue weighted by atomic mass is 10.1. The Morgan fingerprint density at radius 2 is 1.96 bits per heavy atom. The second-order valence-electron chi connectivity index (χ2n) is 7.06. The Kier molecular flexibility index (Phi) is 5.23. The normalized spacial score (nSPS) is 18.2. The summed E-state index contributed by atoms with van der Waals surface area (Å²) in [5, 5.41) is 5.64. The average Bonchev–Trinajstić information content (AvgIpc) is 2.78. The number of likely N-dealkylation sites (tertiary alicyclic amines) is 1. The second kappa shape index (κ2) is 6.98. The molecular formula is C17H24FN3O2. The predicted octanol–water partition coefficient (Wildman–Crippen LogP) is 2.27. The lowest BCUT2D eigenvalue weighted by molar-refractivity contribution is -0.128. The highest BCUT2D eigenvalue weighted by Crippen LogP contribution is 2.19. The number of benzene rings is 1. The van der Waals surface area contributed by atoms with Crippen LogP contribution in [0.15, 0.2) is 24.3 Å². The molecule has 0 unspecified atom stereocenters. The van der Waals surface area contributed by atoms with Crippen molar-refractivity contribution >= 4 is 11.9 Å². The first-order valence-electron chi connectivity index (χ1n) is 7.81. The van der Waals surface area contributed by atoms with Crippen LogP contribution in [0.4, 0.5) is 9.18 Å². The maximum atomic E-state index is 12.9. The van der Waals surface area contributed by atoms with Crippen LogP contribution in [-0.4, -0.2) is 35.5 Å². The first-order valence-corrected chi connectivity index (χ1v) is 7.81. The Morgan fingerprint density at radius 1 is 1.30 bits per heavy atom. The Labute approximate surface area is 136 Å². The maximum absolute atomic E-state index is 12.9. The van der Waals surface area contributed by atoms with Crippen molar-refractivity contribution in [1.82, 2.24) is 15.5 Å². The average molecular weight is 321 g/mol. The molecule has 3 amide bonds. The first kappa shape index (κ1) is 17.2. The lowest BCUT2D eigenvalue weighted by Crippen LogP contribution is -2.47. The molecule has 1 aliphatic rings. The van der Waals surface area contributed by atoms with Crippen LogP contribution in [0.5, 0.6) is 0 Å². The van der Waals surface area contributed by atoms with E-state index in [1.54, 1.807) is 17.0 Å². The fraction of sp³-hybridized carbons (Fsp3) is 0.529. The summed E-state index contributed by atoms with van der Waals surface area (Å²) in [7, 11) is 0. The SMILES string of the molecule is CC(C)(C)NC(=O)NC[C@H]1CC(=O)N(Cc2ccc(F)cc2)C1. The van der Waals surface area contributed by atoms with Gasteiger partial charge in [-0.2, -0.15) is 0 Å². The molecule has 126 valence electrons. The van der Waals surface area contributed by atoms with Gasteiger partial charge in [0.1, 0.15) is 5.82 Å². The Hall–Kier alpha value is -2.11. The Morgan fingerprint density at radius 3 is 2.57 bits per heavy atom. The van der Waals surface area contributed by atoms with E-state index in [0.717, 1.165) is 5.56 Å². The van der Waals surface area contributed by atoms with Gasteiger partial charge in [-0.05, 0) is 38.5 Å². The third-order valence-corrected chi connectivity index (χ3v) is 3.62. The van der Waals surface area contributed by atoms with Crippen molar-refractivity contribution in [3.8, 4) is 0 Å². The molecule has 6 heteroatoms. The molecule has 1 aromatic rings. The number of nitrogens with zero attached hydrogens (tertiary/aromatic N) is 1. The van der Waals surface area contributed by atoms with E-state index in [1.165, 1.54) is 12.1 Å². The molecule has 1 aliphatic heterocycles. The van der Waals surface area contributed by atoms with Crippen molar-refractivity contribution < 1.29 is 14.0 Å². The highest BCUT2D eigenvalue weighted by atomic mass is 19.1. The molecule has 0 spiro atoms. The highest BCUT2D eigenvalue weighted by molar-refractivity contribution is 5.79. The minimum absolute atomic E-state index is 0.0670. The fourth-order valence-electron chi connectivity index (χ4n) is 2.58. The van der Waals surface area contributed by atoms with Crippen molar-refractivity contribution in [2.24, 2.45) is 5.92 Å². The number of urea groups is 1. The molecule has 2 rings (SSSR count). The van der Waals surface area contributed by atoms with E-state index < -0.39 is 0 Å². The molecule has 0 saturated carbocycles. The second-order valence-corrected chi connectivity index (χ2v) is 7.06. The van der Waals surface area contributed by atoms with E-state index in [2.05, 4.69) is 10.6 Å². The van der Waals surface area contributed by atoms with Gasteiger partial charge in [0.15, 0.2) is 0 Å². The molecule has 1 aromatic carbocycles. The van der Waals surface area contributed by atoms with Gasteiger partial charge in [0.05, 0.1) is 0 Å². The van der Waals surface area contributed by atoms with Crippen LogP contribution in [0.3, 0.4) is 0 Å². The van der Waals surface area contributed by atoms with Crippen LogP contribution in [0.25, 0.3) is 0 Å². The molecular weight excluding hydrogens is 297 g/mol. The zero-order valence-electron chi connectivity index (χ0n) is 13.9. The molecule has 1 atom stereocenters. The molecule has 0 radical (unpaired) electrons. The molecule has 0 aliphatic carbocycles. The van der Waals surface area contributed by atoms with Gasteiger partial charge in [-0.15, -0.1) is 0 Å². The van der Waals surface area contributed by atoms with Gasteiger partial charge < -0.3 is 15.5 Å². The van der Waals surface area contributed by atoms with E-state index in [1.807, 2.05) is 20.8 Å². The number of carbonyl (C=O) groups is 2. The maximum Gasteiger partial charge on any atom is 0.315 e. The molecule has 0 bridgehead atoms. The number of amides is 3. The summed E-state index contributed by atoms with van der Waals surface area (Å²) in [6.45, 7) is 7.28. The standard InChI is InChI=1S/C17H24FN3O2/c1-17(2,3)20-16(23)19-9-13-8-15(22)21(11-13)10-12-4-6-14(18)7-5-12/h4-7,13H,8-11H2,1-3H3,(H2,19,20,23)/t13-/m1/s1. The van der Waals surface area contributed by atoms with Crippen molar-refractivity contribution in [1.29, 1.82) is 0 Å². The predicted molar refractivity (Wildman–Crippen MR) is 86.2 cm³/mol. The van der Waals surface area contributed by atoms with Crippen LogP contribution in [0.1, 0.15) is 32.8 Å². The van der Waals surface area contributed by atoms with Crippen molar-refractivity contribution in [2.75, 3.05) is 13.1 Å². The zero-order valence-corrected chi connectivity index (χ0v) is 13.9. The van der Waals surface area contributed by atoms with Gasteiger partial charge in [0.25, 0.3) is 0 Å². The van der Waals surface area contributed by atoms with E-state index in [4.69, 9.17) is 0 Å².